The van der Waals surface area contributed by atoms with Crippen molar-refractivity contribution in [2.24, 2.45) is 0 Å². The van der Waals surface area contributed by atoms with Crippen LogP contribution >= 0.6 is 0 Å². The highest BCUT2D eigenvalue weighted by Gasteiger charge is 2.34. The number of fused-ring (bicyclic) bond motifs is 2. The third-order valence-electron chi connectivity index (χ3n) is 5.03. The van der Waals surface area contributed by atoms with E-state index in [1.165, 1.54) is 12.1 Å². The Kier molecular flexibility index (Phi) is 4.17. The molecule has 0 radical (unpaired) electrons. The summed E-state index contributed by atoms with van der Waals surface area (Å²) >= 11 is 0. The Morgan fingerprint density at radius 1 is 1.19 bits per heavy atom. The monoisotopic (exact) mass is 418 g/mol. The highest BCUT2D eigenvalue weighted by molar-refractivity contribution is 5.76. The van der Waals surface area contributed by atoms with Crippen molar-refractivity contribution < 1.29 is 9.66 Å². The van der Waals surface area contributed by atoms with Crippen LogP contribution in [0, 0.1) is 10.1 Å². The SMILES string of the molecule is COc1cccc([C@H]2c3c(-c4ccc([N+](=O)[O-])cc4)n[nH]c(=O)c3Nc3nnnn32)c1. The van der Waals surface area contributed by atoms with E-state index in [1.807, 2.05) is 18.2 Å². The van der Waals surface area contributed by atoms with Crippen LogP contribution in [0.4, 0.5) is 17.3 Å². The second-order valence-electron chi connectivity index (χ2n) is 6.75. The van der Waals surface area contributed by atoms with Gasteiger partial charge in [0.05, 0.1) is 17.7 Å². The number of H-pyrrole nitrogens is 1. The summed E-state index contributed by atoms with van der Waals surface area (Å²) in [4.78, 5) is 23.2. The van der Waals surface area contributed by atoms with Gasteiger partial charge < -0.3 is 10.1 Å². The Bertz CT molecular complexity index is 1360. The molecule has 2 aromatic carbocycles. The Morgan fingerprint density at radius 3 is 2.74 bits per heavy atom. The van der Waals surface area contributed by atoms with Crippen LogP contribution in [0.25, 0.3) is 11.3 Å². The number of aromatic amines is 1. The predicted molar refractivity (Wildman–Crippen MR) is 108 cm³/mol. The van der Waals surface area contributed by atoms with E-state index in [2.05, 4.69) is 31.0 Å². The van der Waals surface area contributed by atoms with Crippen molar-refractivity contribution in [1.82, 2.24) is 30.4 Å². The van der Waals surface area contributed by atoms with Crippen molar-refractivity contribution in [1.29, 1.82) is 0 Å². The van der Waals surface area contributed by atoms with Crippen molar-refractivity contribution in [3.8, 4) is 17.0 Å². The van der Waals surface area contributed by atoms with E-state index in [4.69, 9.17) is 4.74 Å². The maximum Gasteiger partial charge on any atom is 0.288 e. The lowest BCUT2D eigenvalue weighted by molar-refractivity contribution is -0.384. The number of hydrogen-bond acceptors (Lipinski definition) is 9. The molecule has 3 heterocycles. The molecule has 0 saturated carbocycles. The minimum absolute atomic E-state index is 0.0488. The van der Waals surface area contributed by atoms with E-state index in [9.17, 15) is 14.9 Å². The normalized spacial score (nSPS) is 14.3. The van der Waals surface area contributed by atoms with Gasteiger partial charge in [-0.15, -0.1) is 0 Å². The van der Waals surface area contributed by atoms with Crippen LogP contribution in [-0.2, 0) is 0 Å². The van der Waals surface area contributed by atoms with Crippen LogP contribution in [-0.4, -0.2) is 42.4 Å². The second kappa shape index (κ2) is 7.02. The van der Waals surface area contributed by atoms with E-state index < -0.39 is 16.5 Å². The number of aromatic nitrogens is 6. The fourth-order valence-electron chi connectivity index (χ4n) is 3.62. The van der Waals surface area contributed by atoms with Gasteiger partial charge in [0.25, 0.3) is 11.2 Å². The molecule has 12 nitrogen and oxygen atoms in total. The molecule has 1 aliphatic rings. The number of tetrazole rings is 1. The predicted octanol–water partition coefficient (Wildman–Crippen LogP) is 2.03. The van der Waals surface area contributed by atoms with Gasteiger partial charge in [-0.05, 0) is 40.3 Å². The first kappa shape index (κ1) is 18.4. The zero-order valence-electron chi connectivity index (χ0n) is 16.0. The van der Waals surface area contributed by atoms with Gasteiger partial charge in [0.1, 0.15) is 17.5 Å². The molecule has 0 saturated heterocycles. The summed E-state index contributed by atoms with van der Waals surface area (Å²) in [7, 11) is 1.56. The van der Waals surface area contributed by atoms with Gasteiger partial charge in [0.15, 0.2) is 0 Å². The zero-order chi connectivity index (χ0) is 21.5. The van der Waals surface area contributed by atoms with Gasteiger partial charge in [-0.2, -0.15) is 9.78 Å². The summed E-state index contributed by atoms with van der Waals surface area (Å²) in [5, 5.41) is 32.5. The largest absolute Gasteiger partial charge is 0.497 e. The smallest absolute Gasteiger partial charge is 0.288 e. The fourth-order valence-corrected chi connectivity index (χ4v) is 3.62. The molecule has 4 aromatic rings. The average Bonchev–Trinajstić information content (AvgIpc) is 3.26. The van der Waals surface area contributed by atoms with Crippen LogP contribution in [0.1, 0.15) is 17.2 Å². The lowest BCUT2D eigenvalue weighted by Gasteiger charge is -2.28. The van der Waals surface area contributed by atoms with Gasteiger partial charge in [-0.25, -0.2) is 5.10 Å². The summed E-state index contributed by atoms with van der Waals surface area (Å²) in [6.45, 7) is 0. The third kappa shape index (κ3) is 2.97. The Hall–Kier alpha value is -4.61. The summed E-state index contributed by atoms with van der Waals surface area (Å²) in [6.07, 6.45) is 0. The van der Waals surface area contributed by atoms with E-state index in [0.29, 0.717) is 28.5 Å². The second-order valence-corrected chi connectivity index (χ2v) is 6.75. The molecule has 1 aliphatic heterocycles. The quantitative estimate of drug-likeness (QED) is 0.329. The molecule has 5 rings (SSSR count). The molecule has 2 N–H and O–H groups in total. The third-order valence-corrected chi connectivity index (χ3v) is 5.03. The highest BCUT2D eigenvalue weighted by atomic mass is 16.6. The molecule has 0 bridgehead atoms. The molecular formula is C19H14N8O4. The Labute approximate surface area is 173 Å². The van der Waals surface area contributed by atoms with Gasteiger partial charge in [-0.3, -0.25) is 14.9 Å². The fraction of sp³-hybridized carbons (Fsp3) is 0.105. The summed E-state index contributed by atoms with van der Waals surface area (Å²) in [5.41, 5.74) is 2.08. The molecule has 0 fully saturated rings. The minimum Gasteiger partial charge on any atom is -0.497 e. The zero-order valence-corrected chi connectivity index (χ0v) is 16.0. The lowest BCUT2D eigenvalue weighted by atomic mass is 9.92. The minimum atomic E-state index is -0.587. The average molecular weight is 418 g/mol. The number of nitrogens with one attached hydrogen (secondary N) is 2. The van der Waals surface area contributed by atoms with E-state index in [-0.39, 0.29) is 11.4 Å². The summed E-state index contributed by atoms with van der Waals surface area (Å²) in [5.74, 6) is 0.925. The van der Waals surface area contributed by atoms with Gasteiger partial charge in [0.2, 0.25) is 5.95 Å². The van der Waals surface area contributed by atoms with Crippen molar-refractivity contribution in [3.05, 3.63) is 80.1 Å². The molecule has 0 amide bonds. The number of rotatable bonds is 4. The number of ether oxygens (including phenoxy) is 1. The van der Waals surface area contributed by atoms with E-state index >= 15 is 0 Å². The van der Waals surface area contributed by atoms with Crippen LogP contribution < -0.4 is 15.6 Å². The van der Waals surface area contributed by atoms with Crippen LogP contribution in [0.15, 0.2) is 53.3 Å². The summed E-state index contributed by atoms with van der Waals surface area (Å²) in [6, 6.07) is 12.7. The summed E-state index contributed by atoms with van der Waals surface area (Å²) < 4.78 is 6.90. The first-order valence-electron chi connectivity index (χ1n) is 9.13. The molecule has 154 valence electrons. The van der Waals surface area contributed by atoms with Crippen LogP contribution in [0.3, 0.4) is 0 Å². The number of benzene rings is 2. The molecular weight excluding hydrogens is 404 g/mol. The highest BCUT2D eigenvalue weighted by Crippen LogP contribution is 2.41. The maximum atomic E-state index is 12.7. The maximum absolute atomic E-state index is 12.7. The van der Waals surface area contributed by atoms with Crippen molar-refractivity contribution in [2.45, 2.75) is 6.04 Å². The van der Waals surface area contributed by atoms with Crippen molar-refractivity contribution in [2.75, 3.05) is 12.4 Å². The molecule has 31 heavy (non-hydrogen) atoms. The molecule has 0 aliphatic carbocycles. The van der Waals surface area contributed by atoms with E-state index in [1.54, 1.807) is 30.0 Å². The van der Waals surface area contributed by atoms with Crippen LogP contribution in [0.2, 0.25) is 0 Å². The lowest BCUT2D eigenvalue weighted by Crippen LogP contribution is -2.29. The molecule has 2 aromatic heterocycles. The first-order chi connectivity index (χ1) is 15.1. The molecule has 12 heteroatoms. The van der Waals surface area contributed by atoms with Gasteiger partial charge in [0, 0.05) is 23.3 Å². The number of nitro groups is 1. The number of hydrogen-bond donors (Lipinski definition) is 2. The molecule has 1 atom stereocenters. The van der Waals surface area contributed by atoms with Crippen molar-refractivity contribution in [3.63, 3.8) is 0 Å². The number of nitro benzene ring substituents is 1. The number of nitrogens with zero attached hydrogens (tertiary/aromatic N) is 6. The molecule has 0 spiro atoms. The topological polar surface area (TPSA) is 154 Å². The van der Waals surface area contributed by atoms with Crippen molar-refractivity contribution >= 4 is 17.3 Å². The standard InChI is InChI=1S/C19H14N8O4/c1-31-13-4-2-3-11(9-13)17-14-15(10-5-7-12(8-6-10)27(29)30)21-22-18(28)16(14)20-19-23-24-25-26(17)19/h2-9,17H,1H3,(H,22,28)(H,20,23,25)/t17-/m0/s1. The van der Waals surface area contributed by atoms with Crippen LogP contribution in [0.5, 0.6) is 5.75 Å². The van der Waals surface area contributed by atoms with Gasteiger partial charge in [-0.1, -0.05) is 17.2 Å². The Morgan fingerprint density at radius 2 is 2.00 bits per heavy atom. The number of anilines is 2. The number of methoxy groups -OCH3 is 1. The first-order valence-corrected chi connectivity index (χ1v) is 9.13. The number of non-ortho nitro benzene ring substituents is 1. The van der Waals surface area contributed by atoms with E-state index in [0.717, 1.165) is 5.56 Å². The Balaban J connectivity index is 1.77. The van der Waals surface area contributed by atoms with Gasteiger partial charge >= 0.3 is 0 Å². The molecule has 0 unspecified atom stereocenters.